The largest absolute Gasteiger partial charge is 0.369 e. The van der Waals surface area contributed by atoms with E-state index in [1.54, 1.807) is 10.4 Å². The van der Waals surface area contributed by atoms with Crippen molar-refractivity contribution in [3.8, 4) is 10.6 Å². The average molecular weight is 404 g/mol. The summed E-state index contributed by atoms with van der Waals surface area (Å²) in [4.78, 5) is 4.14. The molecule has 2 aromatic heterocycles. The Morgan fingerprint density at radius 1 is 1.04 bits per heavy atom. The van der Waals surface area contributed by atoms with Crippen molar-refractivity contribution in [2.24, 2.45) is 0 Å². The van der Waals surface area contributed by atoms with Gasteiger partial charge >= 0.3 is 0 Å². The van der Waals surface area contributed by atoms with Crippen LogP contribution < -0.4 is 4.90 Å². The van der Waals surface area contributed by atoms with Gasteiger partial charge in [-0.25, -0.2) is 8.42 Å². The van der Waals surface area contributed by atoms with E-state index in [-0.39, 0.29) is 0 Å². The number of aryl methyl sites for hydroxylation is 2. The van der Waals surface area contributed by atoms with Crippen molar-refractivity contribution in [1.29, 1.82) is 0 Å². The van der Waals surface area contributed by atoms with Gasteiger partial charge in [0.25, 0.3) is 0 Å². The highest BCUT2D eigenvalue weighted by molar-refractivity contribution is 7.89. The number of benzene rings is 1. The van der Waals surface area contributed by atoms with Crippen LogP contribution in [0.3, 0.4) is 0 Å². The van der Waals surface area contributed by atoms with Gasteiger partial charge in [0.15, 0.2) is 5.76 Å². The SMILES string of the molecule is Cc1cc(-c2cc(S(=O)(=O)N3CCN(c4ccccc4)CC3)c(C)s2)on1. The molecule has 1 saturated heterocycles. The van der Waals surface area contributed by atoms with Crippen LogP contribution in [-0.4, -0.2) is 44.1 Å². The second kappa shape index (κ2) is 7.10. The number of anilines is 1. The van der Waals surface area contributed by atoms with E-state index in [1.807, 2.05) is 38.1 Å². The molecular formula is C19H21N3O3S2. The molecule has 0 spiro atoms. The van der Waals surface area contributed by atoms with Gasteiger partial charge in [0.05, 0.1) is 15.5 Å². The van der Waals surface area contributed by atoms with E-state index in [1.165, 1.54) is 11.3 Å². The summed E-state index contributed by atoms with van der Waals surface area (Å²) in [7, 11) is -3.52. The molecule has 0 aliphatic carbocycles. The molecule has 0 saturated carbocycles. The summed E-state index contributed by atoms with van der Waals surface area (Å²) in [6.45, 7) is 6.00. The smallest absolute Gasteiger partial charge is 0.244 e. The molecule has 27 heavy (non-hydrogen) atoms. The fourth-order valence-electron chi connectivity index (χ4n) is 3.29. The molecule has 0 radical (unpaired) electrons. The number of para-hydroxylation sites is 1. The van der Waals surface area contributed by atoms with Crippen molar-refractivity contribution >= 4 is 27.0 Å². The van der Waals surface area contributed by atoms with Gasteiger partial charge in [-0.15, -0.1) is 11.3 Å². The van der Waals surface area contributed by atoms with Crippen LogP contribution in [0.25, 0.3) is 10.6 Å². The zero-order valence-electron chi connectivity index (χ0n) is 15.3. The number of hydrogen-bond donors (Lipinski definition) is 0. The molecule has 3 aromatic rings. The summed E-state index contributed by atoms with van der Waals surface area (Å²) in [5.74, 6) is 0.607. The van der Waals surface area contributed by atoms with Crippen LogP contribution in [0, 0.1) is 13.8 Å². The van der Waals surface area contributed by atoms with E-state index in [0.717, 1.165) is 21.1 Å². The molecule has 4 rings (SSSR count). The lowest BCUT2D eigenvalue weighted by Gasteiger charge is -2.35. The molecule has 0 bridgehead atoms. The molecule has 1 aliphatic heterocycles. The molecule has 142 valence electrons. The highest BCUT2D eigenvalue weighted by Crippen LogP contribution is 2.35. The summed E-state index contributed by atoms with van der Waals surface area (Å²) in [5, 5.41) is 3.89. The number of thiophene rings is 1. The van der Waals surface area contributed by atoms with Crippen LogP contribution in [0.2, 0.25) is 0 Å². The lowest BCUT2D eigenvalue weighted by molar-refractivity contribution is 0.385. The number of rotatable bonds is 4. The highest BCUT2D eigenvalue weighted by Gasteiger charge is 2.31. The van der Waals surface area contributed by atoms with Crippen molar-refractivity contribution in [3.63, 3.8) is 0 Å². The molecule has 1 fully saturated rings. The van der Waals surface area contributed by atoms with Crippen molar-refractivity contribution in [2.75, 3.05) is 31.1 Å². The molecule has 1 aromatic carbocycles. The number of piperazine rings is 1. The molecule has 8 heteroatoms. The quantitative estimate of drug-likeness (QED) is 0.667. The van der Waals surface area contributed by atoms with Gasteiger partial charge in [0.2, 0.25) is 10.0 Å². The molecular weight excluding hydrogens is 382 g/mol. The number of nitrogens with zero attached hydrogens (tertiary/aromatic N) is 3. The first-order valence-corrected chi connectivity index (χ1v) is 11.0. The standard InChI is InChI=1S/C19H21N3O3S2/c1-14-12-17(25-20-14)18-13-19(15(2)26-18)27(23,24)22-10-8-21(9-11-22)16-6-4-3-5-7-16/h3-7,12-13H,8-11H2,1-2H3. The third kappa shape index (κ3) is 3.52. The molecule has 6 nitrogen and oxygen atoms in total. The molecule has 0 amide bonds. The van der Waals surface area contributed by atoms with Gasteiger partial charge in [0, 0.05) is 42.8 Å². The summed E-state index contributed by atoms with van der Waals surface area (Å²) in [6, 6.07) is 13.6. The van der Waals surface area contributed by atoms with E-state index in [0.29, 0.717) is 36.8 Å². The maximum absolute atomic E-state index is 13.2. The van der Waals surface area contributed by atoms with Crippen LogP contribution >= 0.6 is 11.3 Å². The van der Waals surface area contributed by atoms with Crippen molar-refractivity contribution in [2.45, 2.75) is 18.7 Å². The van der Waals surface area contributed by atoms with Crippen molar-refractivity contribution in [1.82, 2.24) is 9.46 Å². The number of hydrogen-bond acceptors (Lipinski definition) is 6. The fraction of sp³-hybridized carbons (Fsp3) is 0.316. The Kier molecular flexibility index (Phi) is 4.79. The Balaban J connectivity index is 1.53. The number of aromatic nitrogens is 1. The first-order chi connectivity index (χ1) is 12.9. The van der Waals surface area contributed by atoms with Gasteiger partial charge < -0.3 is 9.42 Å². The second-order valence-electron chi connectivity index (χ2n) is 6.59. The Labute approximate surface area is 163 Å². The summed E-state index contributed by atoms with van der Waals surface area (Å²) >= 11 is 1.42. The fourth-order valence-corrected chi connectivity index (χ4v) is 6.22. The third-order valence-corrected chi connectivity index (χ3v) is 7.94. The van der Waals surface area contributed by atoms with Crippen LogP contribution in [-0.2, 0) is 10.0 Å². The van der Waals surface area contributed by atoms with Crippen LogP contribution in [0.15, 0.2) is 51.9 Å². The predicted octanol–water partition coefficient (Wildman–Crippen LogP) is 3.53. The molecule has 0 N–H and O–H groups in total. The maximum Gasteiger partial charge on any atom is 0.244 e. The number of sulfonamides is 1. The van der Waals surface area contributed by atoms with E-state index < -0.39 is 10.0 Å². The van der Waals surface area contributed by atoms with Gasteiger partial charge in [0.1, 0.15) is 0 Å². The minimum Gasteiger partial charge on any atom is -0.369 e. The normalized spacial score (nSPS) is 16.0. The second-order valence-corrected chi connectivity index (χ2v) is 9.75. The Hall–Kier alpha value is -2.16. The summed E-state index contributed by atoms with van der Waals surface area (Å²) in [5.41, 5.74) is 1.90. The zero-order valence-corrected chi connectivity index (χ0v) is 16.9. The Morgan fingerprint density at radius 3 is 2.37 bits per heavy atom. The summed E-state index contributed by atoms with van der Waals surface area (Å²) in [6.07, 6.45) is 0. The first-order valence-electron chi connectivity index (χ1n) is 8.79. The van der Waals surface area contributed by atoms with E-state index in [4.69, 9.17) is 4.52 Å². The minimum atomic E-state index is -3.52. The maximum atomic E-state index is 13.2. The van der Waals surface area contributed by atoms with Gasteiger partial charge in [-0.2, -0.15) is 4.31 Å². The third-order valence-electron chi connectivity index (χ3n) is 4.72. The lowest BCUT2D eigenvalue weighted by Crippen LogP contribution is -2.48. The Morgan fingerprint density at radius 2 is 1.74 bits per heavy atom. The van der Waals surface area contributed by atoms with E-state index in [9.17, 15) is 8.42 Å². The van der Waals surface area contributed by atoms with E-state index in [2.05, 4.69) is 22.2 Å². The molecule has 0 unspecified atom stereocenters. The van der Waals surface area contributed by atoms with Crippen LogP contribution in [0.4, 0.5) is 5.69 Å². The zero-order chi connectivity index (χ0) is 19.0. The predicted molar refractivity (Wildman–Crippen MR) is 107 cm³/mol. The van der Waals surface area contributed by atoms with Crippen LogP contribution in [0.1, 0.15) is 10.6 Å². The molecule has 3 heterocycles. The summed E-state index contributed by atoms with van der Waals surface area (Å²) < 4.78 is 33.2. The molecule has 0 atom stereocenters. The van der Waals surface area contributed by atoms with Gasteiger partial charge in [-0.3, -0.25) is 0 Å². The first kappa shape index (κ1) is 18.2. The lowest BCUT2D eigenvalue weighted by atomic mass is 10.2. The van der Waals surface area contributed by atoms with E-state index >= 15 is 0 Å². The van der Waals surface area contributed by atoms with Gasteiger partial charge in [-0.05, 0) is 32.0 Å². The van der Waals surface area contributed by atoms with Gasteiger partial charge in [-0.1, -0.05) is 23.4 Å². The minimum absolute atomic E-state index is 0.365. The molecule has 1 aliphatic rings. The highest BCUT2D eigenvalue weighted by atomic mass is 32.2. The van der Waals surface area contributed by atoms with Crippen molar-refractivity contribution in [3.05, 3.63) is 53.0 Å². The van der Waals surface area contributed by atoms with Crippen molar-refractivity contribution < 1.29 is 12.9 Å². The van der Waals surface area contributed by atoms with Crippen LogP contribution in [0.5, 0.6) is 0 Å². The Bertz CT molecular complexity index is 1030. The average Bonchev–Trinajstić information content (AvgIpc) is 3.28. The topological polar surface area (TPSA) is 66.7 Å². The monoisotopic (exact) mass is 403 g/mol.